The molecule has 136 valence electrons. The van der Waals surface area contributed by atoms with Crippen LogP contribution in [0.15, 0.2) is 18.3 Å². The number of alkyl halides is 4. The van der Waals surface area contributed by atoms with E-state index >= 15 is 0 Å². The SMILES string of the molecule is C[C@@H]1CNCCN1C(=O)c1ccc(OCC(F)(F)C(F)F)nc1.Cl. The molecule has 0 bridgehead atoms. The van der Waals surface area contributed by atoms with E-state index in [-0.39, 0.29) is 35.8 Å². The van der Waals surface area contributed by atoms with Gasteiger partial charge in [-0.3, -0.25) is 4.79 Å². The van der Waals surface area contributed by atoms with Gasteiger partial charge in [0.15, 0.2) is 6.61 Å². The number of amides is 1. The number of aromatic nitrogens is 1. The second-order valence-corrected chi connectivity index (χ2v) is 5.29. The lowest BCUT2D eigenvalue weighted by atomic mass is 10.1. The van der Waals surface area contributed by atoms with Crippen molar-refractivity contribution in [3.63, 3.8) is 0 Å². The third-order valence-electron chi connectivity index (χ3n) is 3.48. The van der Waals surface area contributed by atoms with Gasteiger partial charge in [0.2, 0.25) is 5.88 Å². The van der Waals surface area contributed by atoms with Gasteiger partial charge in [-0.1, -0.05) is 0 Å². The largest absolute Gasteiger partial charge is 0.471 e. The van der Waals surface area contributed by atoms with Crippen LogP contribution in [0.25, 0.3) is 0 Å². The monoisotopic (exact) mass is 371 g/mol. The normalized spacial score (nSPS) is 18.2. The molecular formula is C14H18ClF4N3O2. The Morgan fingerprint density at radius 3 is 2.75 bits per heavy atom. The molecule has 1 aromatic rings. The maximum atomic E-state index is 12.8. The van der Waals surface area contributed by atoms with E-state index in [1.54, 1.807) is 4.90 Å². The van der Waals surface area contributed by atoms with E-state index in [2.05, 4.69) is 15.0 Å². The first-order chi connectivity index (χ1) is 10.8. The summed E-state index contributed by atoms with van der Waals surface area (Å²) < 4.78 is 54.1. The molecule has 0 aromatic carbocycles. The van der Waals surface area contributed by atoms with Crippen LogP contribution in [0.5, 0.6) is 5.88 Å². The molecule has 1 aliphatic rings. The van der Waals surface area contributed by atoms with E-state index in [0.29, 0.717) is 19.6 Å². The summed E-state index contributed by atoms with van der Waals surface area (Å²) in [5.74, 6) is -4.71. The Hall–Kier alpha value is -1.61. The Labute approximate surface area is 142 Å². The molecule has 1 saturated heterocycles. The summed E-state index contributed by atoms with van der Waals surface area (Å²) in [6, 6.07) is 2.61. The van der Waals surface area contributed by atoms with Crippen molar-refractivity contribution in [1.29, 1.82) is 0 Å². The van der Waals surface area contributed by atoms with Crippen LogP contribution in [0, 0.1) is 0 Å². The number of nitrogens with zero attached hydrogens (tertiary/aromatic N) is 2. The minimum Gasteiger partial charge on any atom is -0.471 e. The van der Waals surface area contributed by atoms with Gasteiger partial charge in [-0.15, -0.1) is 12.4 Å². The second-order valence-electron chi connectivity index (χ2n) is 5.29. The van der Waals surface area contributed by atoms with Crippen molar-refractivity contribution in [2.45, 2.75) is 25.3 Å². The lowest BCUT2D eigenvalue weighted by molar-refractivity contribution is -0.148. The minimum atomic E-state index is -4.24. The van der Waals surface area contributed by atoms with Crippen molar-refractivity contribution in [2.24, 2.45) is 0 Å². The summed E-state index contributed by atoms with van der Waals surface area (Å²) in [5, 5.41) is 3.16. The Morgan fingerprint density at radius 1 is 1.50 bits per heavy atom. The first-order valence-corrected chi connectivity index (χ1v) is 7.08. The molecule has 1 amide bonds. The van der Waals surface area contributed by atoms with E-state index in [1.807, 2.05) is 6.92 Å². The molecule has 1 N–H and O–H groups in total. The van der Waals surface area contributed by atoms with Crippen molar-refractivity contribution < 1.29 is 27.1 Å². The van der Waals surface area contributed by atoms with Gasteiger partial charge in [-0.25, -0.2) is 13.8 Å². The van der Waals surface area contributed by atoms with Gasteiger partial charge in [-0.2, -0.15) is 8.78 Å². The molecule has 10 heteroatoms. The van der Waals surface area contributed by atoms with Gasteiger partial charge >= 0.3 is 12.3 Å². The van der Waals surface area contributed by atoms with Crippen LogP contribution in [0.3, 0.4) is 0 Å². The number of halogens is 5. The second kappa shape index (κ2) is 8.48. The average molecular weight is 372 g/mol. The molecule has 24 heavy (non-hydrogen) atoms. The summed E-state index contributed by atoms with van der Waals surface area (Å²) in [6.45, 7) is 2.36. The van der Waals surface area contributed by atoms with Gasteiger partial charge in [0.1, 0.15) is 0 Å². The summed E-state index contributed by atoms with van der Waals surface area (Å²) in [4.78, 5) is 17.7. The maximum absolute atomic E-state index is 12.8. The topological polar surface area (TPSA) is 54.5 Å². The lowest BCUT2D eigenvalue weighted by Gasteiger charge is -2.33. The number of carbonyl (C=O) groups is 1. The van der Waals surface area contributed by atoms with Gasteiger partial charge in [0, 0.05) is 37.9 Å². The van der Waals surface area contributed by atoms with Crippen molar-refractivity contribution in [2.75, 3.05) is 26.2 Å². The maximum Gasteiger partial charge on any atom is 0.340 e. The Bertz CT molecular complexity index is 545. The van der Waals surface area contributed by atoms with E-state index in [9.17, 15) is 22.4 Å². The predicted molar refractivity (Wildman–Crippen MR) is 81.3 cm³/mol. The summed E-state index contributed by atoms with van der Waals surface area (Å²) >= 11 is 0. The Kier molecular flexibility index (Phi) is 7.22. The highest BCUT2D eigenvalue weighted by Gasteiger charge is 2.41. The van der Waals surface area contributed by atoms with Gasteiger partial charge in [0.05, 0.1) is 5.56 Å². The molecule has 1 aliphatic heterocycles. The highest BCUT2D eigenvalue weighted by Crippen LogP contribution is 2.23. The summed E-state index contributed by atoms with van der Waals surface area (Å²) in [6.07, 6.45) is -2.62. The zero-order valence-corrected chi connectivity index (χ0v) is 13.7. The molecule has 1 atom stereocenters. The fourth-order valence-electron chi connectivity index (χ4n) is 2.13. The average Bonchev–Trinajstić information content (AvgIpc) is 2.53. The van der Waals surface area contributed by atoms with Gasteiger partial charge < -0.3 is 15.0 Å². The van der Waals surface area contributed by atoms with E-state index in [4.69, 9.17) is 0 Å². The van der Waals surface area contributed by atoms with Crippen LogP contribution in [-0.2, 0) is 0 Å². The molecule has 2 heterocycles. The number of ether oxygens (including phenoxy) is 1. The third kappa shape index (κ3) is 4.94. The molecular weight excluding hydrogens is 354 g/mol. The van der Waals surface area contributed by atoms with Crippen LogP contribution in [-0.4, -0.2) is 60.4 Å². The number of rotatable bonds is 5. The first kappa shape index (κ1) is 20.4. The smallest absolute Gasteiger partial charge is 0.340 e. The molecule has 0 unspecified atom stereocenters. The van der Waals surface area contributed by atoms with E-state index in [0.717, 1.165) is 0 Å². The van der Waals surface area contributed by atoms with Crippen LogP contribution < -0.4 is 10.1 Å². The zero-order valence-electron chi connectivity index (χ0n) is 12.8. The van der Waals surface area contributed by atoms with Crippen LogP contribution in [0.1, 0.15) is 17.3 Å². The molecule has 1 aromatic heterocycles. The third-order valence-corrected chi connectivity index (χ3v) is 3.48. The standard InChI is InChI=1S/C14H17F4N3O2.ClH/c1-9-6-19-4-5-21(9)12(22)10-2-3-11(20-7-10)23-8-14(17,18)13(15)16;/h2-3,7,9,13,19H,4-6,8H2,1H3;1H/t9-;/m1./s1. The number of hydrogen-bond acceptors (Lipinski definition) is 4. The molecule has 0 saturated carbocycles. The Morgan fingerprint density at radius 2 is 2.21 bits per heavy atom. The highest BCUT2D eigenvalue weighted by atomic mass is 35.5. The van der Waals surface area contributed by atoms with Crippen molar-refractivity contribution in [3.05, 3.63) is 23.9 Å². The van der Waals surface area contributed by atoms with E-state index in [1.165, 1.54) is 18.3 Å². The fraction of sp³-hybridized carbons (Fsp3) is 0.571. The van der Waals surface area contributed by atoms with Gasteiger partial charge in [0.25, 0.3) is 5.91 Å². The molecule has 1 fully saturated rings. The first-order valence-electron chi connectivity index (χ1n) is 7.08. The Balaban J connectivity index is 0.00000288. The van der Waals surface area contributed by atoms with E-state index < -0.39 is 19.0 Å². The zero-order chi connectivity index (χ0) is 17.0. The van der Waals surface area contributed by atoms with Crippen LogP contribution in [0.4, 0.5) is 17.6 Å². The summed E-state index contributed by atoms with van der Waals surface area (Å²) in [7, 11) is 0. The highest BCUT2D eigenvalue weighted by molar-refractivity contribution is 5.94. The molecule has 2 rings (SSSR count). The quantitative estimate of drug-likeness (QED) is 0.806. The number of nitrogens with one attached hydrogen (secondary N) is 1. The predicted octanol–water partition coefficient (Wildman–Crippen LogP) is 2.22. The molecule has 5 nitrogen and oxygen atoms in total. The lowest BCUT2D eigenvalue weighted by Crippen LogP contribution is -2.52. The van der Waals surface area contributed by atoms with Crippen molar-refractivity contribution in [3.8, 4) is 5.88 Å². The molecule has 0 aliphatic carbocycles. The number of pyridine rings is 1. The van der Waals surface area contributed by atoms with Crippen LogP contribution in [0.2, 0.25) is 0 Å². The minimum absolute atomic E-state index is 0. The van der Waals surface area contributed by atoms with Gasteiger partial charge in [-0.05, 0) is 13.0 Å². The molecule has 0 radical (unpaired) electrons. The summed E-state index contributed by atoms with van der Waals surface area (Å²) in [5.41, 5.74) is 0.284. The van der Waals surface area contributed by atoms with Crippen molar-refractivity contribution >= 4 is 18.3 Å². The van der Waals surface area contributed by atoms with Crippen molar-refractivity contribution in [1.82, 2.24) is 15.2 Å². The number of carbonyl (C=O) groups excluding carboxylic acids is 1. The number of hydrogen-bond donors (Lipinski definition) is 1. The molecule has 0 spiro atoms. The van der Waals surface area contributed by atoms with Crippen LogP contribution >= 0.6 is 12.4 Å². The number of piperazine rings is 1. The fourth-order valence-corrected chi connectivity index (χ4v) is 2.13.